The van der Waals surface area contributed by atoms with Crippen LogP contribution >= 0.6 is 11.6 Å². The van der Waals surface area contributed by atoms with E-state index in [1.165, 1.54) is 6.07 Å². The van der Waals surface area contributed by atoms with Crippen molar-refractivity contribution in [3.8, 4) is 0 Å². The molecule has 0 fully saturated rings. The maximum atomic E-state index is 13.0. The molecule has 2 aromatic rings. The van der Waals surface area contributed by atoms with E-state index in [4.69, 9.17) is 11.6 Å². The van der Waals surface area contributed by atoms with Gasteiger partial charge in [-0.15, -0.1) is 0 Å². The lowest BCUT2D eigenvalue weighted by molar-refractivity contribution is 0.168. The lowest BCUT2D eigenvalue weighted by atomic mass is 10.0. The second kappa shape index (κ2) is 5.98. The van der Waals surface area contributed by atoms with Gasteiger partial charge in [0.1, 0.15) is 5.82 Å². The van der Waals surface area contributed by atoms with E-state index < -0.39 is 11.9 Å². The standard InChI is InChI=1S/C15H14ClFO/c16-13-10-11(6-8-14(13)17)7-9-15(18)12-4-2-1-3-5-12/h1-6,8,10,15,18H,7,9H2. The number of rotatable bonds is 4. The van der Waals surface area contributed by atoms with Gasteiger partial charge < -0.3 is 5.11 Å². The lowest BCUT2D eigenvalue weighted by Crippen LogP contribution is -1.99. The third-order valence-corrected chi connectivity index (χ3v) is 3.16. The van der Waals surface area contributed by atoms with Crippen molar-refractivity contribution < 1.29 is 9.50 Å². The van der Waals surface area contributed by atoms with Gasteiger partial charge in [-0.3, -0.25) is 0 Å². The van der Waals surface area contributed by atoms with Crippen molar-refractivity contribution in [3.05, 3.63) is 70.5 Å². The van der Waals surface area contributed by atoms with Crippen LogP contribution in [0.1, 0.15) is 23.7 Å². The summed E-state index contributed by atoms with van der Waals surface area (Å²) in [7, 11) is 0. The summed E-state index contributed by atoms with van der Waals surface area (Å²) in [6.07, 6.45) is 0.747. The van der Waals surface area contributed by atoms with Gasteiger partial charge in [-0.2, -0.15) is 0 Å². The maximum Gasteiger partial charge on any atom is 0.141 e. The topological polar surface area (TPSA) is 20.2 Å². The summed E-state index contributed by atoms with van der Waals surface area (Å²) in [5, 5.41) is 10.1. The molecule has 1 N–H and O–H groups in total. The number of aliphatic hydroxyl groups is 1. The summed E-state index contributed by atoms with van der Waals surface area (Å²) in [4.78, 5) is 0. The Kier molecular flexibility index (Phi) is 4.34. The first-order chi connectivity index (χ1) is 8.66. The third-order valence-electron chi connectivity index (χ3n) is 2.87. The highest BCUT2D eigenvalue weighted by atomic mass is 35.5. The van der Waals surface area contributed by atoms with Gasteiger partial charge >= 0.3 is 0 Å². The zero-order chi connectivity index (χ0) is 13.0. The highest BCUT2D eigenvalue weighted by Gasteiger charge is 2.08. The van der Waals surface area contributed by atoms with Gasteiger partial charge in [-0.25, -0.2) is 4.39 Å². The van der Waals surface area contributed by atoms with Crippen LogP contribution in [0.4, 0.5) is 4.39 Å². The molecule has 0 heterocycles. The predicted molar refractivity (Wildman–Crippen MR) is 71.1 cm³/mol. The Hall–Kier alpha value is -1.38. The Balaban J connectivity index is 1.97. The summed E-state index contributed by atoms with van der Waals surface area (Å²) in [5.74, 6) is -0.413. The van der Waals surface area contributed by atoms with E-state index >= 15 is 0 Å². The van der Waals surface area contributed by atoms with Crippen molar-refractivity contribution in [2.75, 3.05) is 0 Å². The monoisotopic (exact) mass is 264 g/mol. The SMILES string of the molecule is OC(CCc1ccc(F)c(Cl)c1)c1ccccc1. The van der Waals surface area contributed by atoms with E-state index in [1.54, 1.807) is 12.1 Å². The first-order valence-electron chi connectivity index (χ1n) is 5.84. The van der Waals surface area contributed by atoms with Crippen LogP contribution in [-0.2, 0) is 6.42 Å². The van der Waals surface area contributed by atoms with Crippen LogP contribution in [0, 0.1) is 5.82 Å². The molecule has 0 aromatic heterocycles. The first-order valence-corrected chi connectivity index (χ1v) is 6.21. The van der Waals surface area contributed by atoms with Gasteiger partial charge in [-0.05, 0) is 36.1 Å². The van der Waals surface area contributed by atoms with Crippen molar-refractivity contribution in [2.45, 2.75) is 18.9 Å². The van der Waals surface area contributed by atoms with E-state index in [0.717, 1.165) is 11.1 Å². The van der Waals surface area contributed by atoms with Gasteiger partial charge in [0.05, 0.1) is 11.1 Å². The van der Waals surface area contributed by atoms with Crippen LogP contribution in [-0.4, -0.2) is 5.11 Å². The van der Waals surface area contributed by atoms with Gasteiger partial charge in [-0.1, -0.05) is 48.0 Å². The fourth-order valence-corrected chi connectivity index (χ4v) is 2.04. The Bertz CT molecular complexity index is 513. The zero-order valence-corrected chi connectivity index (χ0v) is 10.6. The van der Waals surface area contributed by atoms with Crippen molar-refractivity contribution in [2.24, 2.45) is 0 Å². The molecule has 2 rings (SSSR count). The molecule has 1 unspecified atom stereocenters. The molecule has 0 saturated heterocycles. The zero-order valence-electron chi connectivity index (χ0n) is 9.81. The van der Waals surface area contributed by atoms with Gasteiger partial charge in [0.25, 0.3) is 0 Å². The van der Waals surface area contributed by atoms with Crippen LogP contribution in [0.5, 0.6) is 0 Å². The highest BCUT2D eigenvalue weighted by Crippen LogP contribution is 2.21. The summed E-state index contributed by atoms with van der Waals surface area (Å²) in [5.41, 5.74) is 1.82. The van der Waals surface area contributed by atoms with Crippen LogP contribution in [0.15, 0.2) is 48.5 Å². The van der Waals surface area contributed by atoms with Gasteiger partial charge in [0.2, 0.25) is 0 Å². The molecule has 0 aliphatic carbocycles. The van der Waals surface area contributed by atoms with E-state index in [2.05, 4.69) is 0 Å². The van der Waals surface area contributed by atoms with Gasteiger partial charge in [0, 0.05) is 0 Å². The smallest absolute Gasteiger partial charge is 0.141 e. The summed E-state index contributed by atoms with van der Waals surface area (Å²) < 4.78 is 13.0. The number of hydrogen-bond acceptors (Lipinski definition) is 1. The van der Waals surface area contributed by atoms with Crippen molar-refractivity contribution in [1.29, 1.82) is 0 Å². The average molecular weight is 265 g/mol. The predicted octanol–water partition coefficient (Wildman–Crippen LogP) is 4.15. The Labute approximate surface area is 111 Å². The van der Waals surface area contributed by atoms with Crippen LogP contribution in [0.2, 0.25) is 5.02 Å². The molecule has 2 aromatic carbocycles. The number of benzene rings is 2. The van der Waals surface area contributed by atoms with Crippen LogP contribution in [0.3, 0.4) is 0 Å². The van der Waals surface area contributed by atoms with E-state index in [9.17, 15) is 9.50 Å². The Morgan fingerprint density at radius 2 is 1.83 bits per heavy atom. The molecule has 0 radical (unpaired) electrons. The molecule has 0 spiro atoms. The first kappa shape index (κ1) is 13.1. The summed E-state index contributed by atoms with van der Waals surface area (Å²) >= 11 is 5.71. The average Bonchev–Trinajstić information content (AvgIpc) is 2.41. The van der Waals surface area contributed by atoms with Crippen molar-refractivity contribution >= 4 is 11.6 Å². The molecule has 0 aliphatic heterocycles. The molecule has 94 valence electrons. The van der Waals surface area contributed by atoms with Crippen molar-refractivity contribution in [3.63, 3.8) is 0 Å². The Morgan fingerprint density at radius 3 is 2.50 bits per heavy atom. The molecular weight excluding hydrogens is 251 g/mol. The Morgan fingerprint density at radius 1 is 1.11 bits per heavy atom. The summed E-state index contributed by atoms with van der Waals surface area (Å²) in [6, 6.07) is 14.1. The number of halogens is 2. The molecule has 18 heavy (non-hydrogen) atoms. The van der Waals surface area contributed by atoms with E-state index in [-0.39, 0.29) is 5.02 Å². The van der Waals surface area contributed by atoms with Gasteiger partial charge in [0.15, 0.2) is 0 Å². The van der Waals surface area contributed by atoms with E-state index in [1.807, 2.05) is 30.3 Å². The minimum Gasteiger partial charge on any atom is -0.388 e. The van der Waals surface area contributed by atoms with E-state index in [0.29, 0.717) is 12.8 Å². The fourth-order valence-electron chi connectivity index (χ4n) is 1.84. The molecule has 0 aliphatic rings. The molecule has 1 nitrogen and oxygen atoms in total. The molecule has 0 bridgehead atoms. The number of hydrogen-bond donors (Lipinski definition) is 1. The summed E-state index contributed by atoms with van der Waals surface area (Å²) in [6.45, 7) is 0. The molecular formula is C15H14ClFO. The van der Waals surface area contributed by atoms with Crippen LogP contribution < -0.4 is 0 Å². The molecule has 1 atom stereocenters. The highest BCUT2D eigenvalue weighted by molar-refractivity contribution is 6.30. The maximum absolute atomic E-state index is 13.0. The number of aryl methyl sites for hydroxylation is 1. The third kappa shape index (κ3) is 3.31. The second-order valence-electron chi connectivity index (χ2n) is 4.21. The normalized spacial score (nSPS) is 12.4. The molecule has 3 heteroatoms. The minimum atomic E-state index is -0.505. The fraction of sp³-hybridized carbons (Fsp3) is 0.200. The second-order valence-corrected chi connectivity index (χ2v) is 4.62. The minimum absolute atomic E-state index is 0.127. The number of aliphatic hydroxyl groups excluding tert-OH is 1. The largest absolute Gasteiger partial charge is 0.388 e. The molecule has 0 saturated carbocycles. The molecule has 0 amide bonds. The lowest BCUT2D eigenvalue weighted by Gasteiger charge is -2.11. The van der Waals surface area contributed by atoms with Crippen molar-refractivity contribution in [1.82, 2.24) is 0 Å². The van der Waals surface area contributed by atoms with Crippen LogP contribution in [0.25, 0.3) is 0 Å². The quantitative estimate of drug-likeness (QED) is 0.880.